The van der Waals surface area contributed by atoms with E-state index in [1.54, 1.807) is 25.3 Å². The molecule has 2 aromatic carbocycles. The van der Waals surface area contributed by atoms with Crippen molar-refractivity contribution in [2.75, 3.05) is 24.3 Å². The summed E-state index contributed by atoms with van der Waals surface area (Å²) in [6.45, 7) is 2.47. The number of anilines is 2. The van der Waals surface area contributed by atoms with Crippen LogP contribution < -0.4 is 15.4 Å². The van der Waals surface area contributed by atoms with Crippen molar-refractivity contribution in [3.63, 3.8) is 0 Å². The standard InChI is InChI=1S/C17H18Cl2N2O2/c1-11-6-7-15(23-2)14(10-11)20-9-8-16(22)21-13-5-3-4-12(18)17(13)19/h3-7,10,20H,8-9H2,1-2H3,(H,21,22). The number of nitrogens with one attached hydrogen (secondary N) is 2. The molecule has 0 aliphatic rings. The largest absolute Gasteiger partial charge is 0.495 e. The molecule has 0 aliphatic heterocycles. The van der Waals surface area contributed by atoms with Crippen LogP contribution in [0, 0.1) is 6.92 Å². The van der Waals surface area contributed by atoms with Gasteiger partial charge in [-0.15, -0.1) is 0 Å². The average Bonchev–Trinajstić information content (AvgIpc) is 2.52. The third-order valence-electron chi connectivity index (χ3n) is 3.25. The summed E-state index contributed by atoms with van der Waals surface area (Å²) >= 11 is 12.0. The Morgan fingerprint density at radius 2 is 1.96 bits per heavy atom. The molecule has 1 amide bonds. The SMILES string of the molecule is COc1ccc(C)cc1NCCC(=O)Nc1cccc(Cl)c1Cl. The van der Waals surface area contributed by atoms with E-state index in [1.165, 1.54) is 0 Å². The van der Waals surface area contributed by atoms with Crippen LogP contribution in [0.3, 0.4) is 0 Å². The van der Waals surface area contributed by atoms with Crippen molar-refractivity contribution in [3.05, 3.63) is 52.0 Å². The molecule has 0 saturated heterocycles. The van der Waals surface area contributed by atoms with E-state index in [-0.39, 0.29) is 5.91 Å². The van der Waals surface area contributed by atoms with Gasteiger partial charge >= 0.3 is 0 Å². The molecule has 0 aromatic heterocycles. The van der Waals surface area contributed by atoms with Crippen LogP contribution in [0.25, 0.3) is 0 Å². The first-order chi connectivity index (χ1) is 11.0. The second-order valence-corrected chi connectivity index (χ2v) is 5.82. The summed E-state index contributed by atoms with van der Waals surface area (Å²) in [4.78, 5) is 12.0. The molecule has 6 heteroatoms. The van der Waals surface area contributed by atoms with E-state index in [1.807, 2.05) is 25.1 Å². The molecule has 0 unspecified atom stereocenters. The molecule has 0 heterocycles. The molecule has 0 aliphatic carbocycles. The zero-order chi connectivity index (χ0) is 16.8. The van der Waals surface area contributed by atoms with Gasteiger partial charge in [-0.1, -0.05) is 35.3 Å². The van der Waals surface area contributed by atoms with Gasteiger partial charge in [-0.3, -0.25) is 4.79 Å². The third kappa shape index (κ3) is 4.78. The van der Waals surface area contributed by atoms with Crippen molar-refractivity contribution >= 4 is 40.5 Å². The Morgan fingerprint density at radius 1 is 1.17 bits per heavy atom. The zero-order valence-electron chi connectivity index (χ0n) is 13.0. The molecule has 0 radical (unpaired) electrons. The molecule has 2 N–H and O–H groups in total. The lowest BCUT2D eigenvalue weighted by atomic mass is 10.2. The van der Waals surface area contributed by atoms with E-state index in [9.17, 15) is 4.79 Å². The normalized spacial score (nSPS) is 10.3. The topological polar surface area (TPSA) is 50.4 Å². The number of aryl methyl sites for hydroxylation is 1. The van der Waals surface area contributed by atoms with Gasteiger partial charge in [-0.05, 0) is 36.8 Å². The van der Waals surface area contributed by atoms with Crippen LogP contribution in [0.1, 0.15) is 12.0 Å². The van der Waals surface area contributed by atoms with Crippen LogP contribution >= 0.6 is 23.2 Å². The molecular weight excluding hydrogens is 335 g/mol. The van der Waals surface area contributed by atoms with E-state index in [0.29, 0.717) is 28.7 Å². The molecule has 0 fully saturated rings. The van der Waals surface area contributed by atoms with Gasteiger partial charge in [0.25, 0.3) is 0 Å². The van der Waals surface area contributed by atoms with Gasteiger partial charge in [-0.25, -0.2) is 0 Å². The highest BCUT2D eigenvalue weighted by molar-refractivity contribution is 6.43. The van der Waals surface area contributed by atoms with Crippen molar-refractivity contribution in [1.82, 2.24) is 0 Å². The third-order valence-corrected chi connectivity index (χ3v) is 4.07. The quantitative estimate of drug-likeness (QED) is 0.788. The van der Waals surface area contributed by atoms with E-state index in [0.717, 1.165) is 17.0 Å². The van der Waals surface area contributed by atoms with Crippen LogP contribution in [0.2, 0.25) is 10.0 Å². The highest BCUT2D eigenvalue weighted by Crippen LogP contribution is 2.29. The molecule has 23 heavy (non-hydrogen) atoms. The minimum Gasteiger partial charge on any atom is -0.495 e. The lowest BCUT2D eigenvalue weighted by molar-refractivity contribution is -0.115. The van der Waals surface area contributed by atoms with Crippen molar-refractivity contribution in [3.8, 4) is 5.75 Å². The fourth-order valence-corrected chi connectivity index (χ4v) is 2.43. The highest BCUT2D eigenvalue weighted by atomic mass is 35.5. The molecule has 0 bridgehead atoms. The van der Waals surface area contributed by atoms with Crippen molar-refractivity contribution in [1.29, 1.82) is 0 Å². The van der Waals surface area contributed by atoms with Crippen LogP contribution in [-0.2, 0) is 4.79 Å². The fourth-order valence-electron chi connectivity index (χ4n) is 2.08. The summed E-state index contributed by atoms with van der Waals surface area (Å²) < 4.78 is 5.29. The smallest absolute Gasteiger partial charge is 0.226 e. The summed E-state index contributed by atoms with van der Waals surface area (Å²) in [7, 11) is 1.61. The summed E-state index contributed by atoms with van der Waals surface area (Å²) in [5, 5.41) is 6.71. The minimum atomic E-state index is -0.145. The summed E-state index contributed by atoms with van der Waals surface area (Å²) in [6, 6.07) is 11.0. The van der Waals surface area contributed by atoms with Crippen LogP contribution in [0.15, 0.2) is 36.4 Å². The van der Waals surface area contributed by atoms with E-state index in [4.69, 9.17) is 27.9 Å². The monoisotopic (exact) mass is 352 g/mol. The van der Waals surface area contributed by atoms with Gasteiger partial charge in [0.1, 0.15) is 5.75 Å². The molecule has 2 rings (SSSR count). The molecule has 0 spiro atoms. The number of hydrogen-bond donors (Lipinski definition) is 2. The molecule has 2 aromatic rings. The average molecular weight is 353 g/mol. The Balaban J connectivity index is 1.90. The number of amides is 1. The summed E-state index contributed by atoms with van der Waals surface area (Å²) in [5.41, 5.74) is 2.49. The number of hydrogen-bond acceptors (Lipinski definition) is 3. The predicted molar refractivity (Wildman–Crippen MR) is 95.9 cm³/mol. The maximum Gasteiger partial charge on any atom is 0.226 e. The lowest BCUT2D eigenvalue weighted by Crippen LogP contribution is -2.16. The Hall–Kier alpha value is -1.91. The second kappa shape index (κ2) is 8.09. The number of rotatable bonds is 6. The van der Waals surface area contributed by atoms with Gasteiger partial charge in [0.05, 0.1) is 28.5 Å². The summed E-state index contributed by atoms with van der Waals surface area (Å²) in [6.07, 6.45) is 0.292. The van der Waals surface area contributed by atoms with E-state index >= 15 is 0 Å². The number of methoxy groups -OCH3 is 1. The van der Waals surface area contributed by atoms with Gasteiger partial charge in [0.15, 0.2) is 0 Å². The first-order valence-electron chi connectivity index (χ1n) is 7.13. The van der Waals surface area contributed by atoms with Gasteiger partial charge < -0.3 is 15.4 Å². The van der Waals surface area contributed by atoms with Crippen molar-refractivity contribution in [2.45, 2.75) is 13.3 Å². The highest BCUT2D eigenvalue weighted by Gasteiger charge is 2.09. The predicted octanol–water partition coefficient (Wildman–Crippen LogP) is 4.75. The van der Waals surface area contributed by atoms with Gasteiger partial charge in [-0.2, -0.15) is 0 Å². The maximum atomic E-state index is 12.0. The maximum absolute atomic E-state index is 12.0. The number of ether oxygens (including phenoxy) is 1. The molecule has 0 saturated carbocycles. The molecule has 122 valence electrons. The Bertz CT molecular complexity index is 705. The van der Waals surface area contributed by atoms with E-state index < -0.39 is 0 Å². The second-order valence-electron chi connectivity index (χ2n) is 5.03. The van der Waals surface area contributed by atoms with Crippen LogP contribution in [-0.4, -0.2) is 19.6 Å². The lowest BCUT2D eigenvalue weighted by Gasteiger charge is -2.12. The van der Waals surface area contributed by atoms with Crippen LogP contribution in [0.4, 0.5) is 11.4 Å². The summed E-state index contributed by atoms with van der Waals surface area (Å²) in [5.74, 6) is 0.599. The van der Waals surface area contributed by atoms with Crippen LogP contribution in [0.5, 0.6) is 5.75 Å². The molecule has 4 nitrogen and oxygen atoms in total. The fraction of sp³-hybridized carbons (Fsp3) is 0.235. The van der Waals surface area contributed by atoms with Gasteiger partial charge in [0, 0.05) is 13.0 Å². The number of benzene rings is 2. The number of carbonyl (C=O) groups is 1. The molecule has 0 atom stereocenters. The van der Waals surface area contributed by atoms with Crippen molar-refractivity contribution < 1.29 is 9.53 Å². The van der Waals surface area contributed by atoms with E-state index in [2.05, 4.69) is 10.6 Å². The Labute approximate surface area is 145 Å². The Morgan fingerprint density at radius 3 is 2.70 bits per heavy atom. The first kappa shape index (κ1) is 17.4. The zero-order valence-corrected chi connectivity index (χ0v) is 14.5. The molecular formula is C17H18Cl2N2O2. The number of halogens is 2. The Kier molecular flexibility index (Phi) is 6.13. The van der Waals surface area contributed by atoms with Gasteiger partial charge in [0.2, 0.25) is 5.91 Å². The number of carbonyl (C=O) groups excluding carboxylic acids is 1. The first-order valence-corrected chi connectivity index (χ1v) is 7.89. The van der Waals surface area contributed by atoms with Crippen molar-refractivity contribution in [2.24, 2.45) is 0 Å². The minimum absolute atomic E-state index is 0.145.